The molecule has 2 unspecified atom stereocenters. The maximum Gasteiger partial charge on any atom is 0.0374 e. The molecule has 0 spiro atoms. The standard InChI is InChI=1S/C8H17N3/c1-9-11-7-3-4-8(11)6-10(2)5-7/h7-9H,3-6H2,1-2H3. The number of hydrazine groups is 1. The Kier molecular flexibility index (Phi) is 1.87. The van der Waals surface area contributed by atoms with E-state index < -0.39 is 0 Å². The molecule has 0 aromatic carbocycles. The molecule has 0 aromatic rings. The summed E-state index contributed by atoms with van der Waals surface area (Å²) >= 11 is 0. The van der Waals surface area contributed by atoms with Gasteiger partial charge in [-0.3, -0.25) is 5.43 Å². The van der Waals surface area contributed by atoms with E-state index in [0.29, 0.717) is 0 Å². The number of hydrogen-bond acceptors (Lipinski definition) is 3. The highest BCUT2D eigenvalue weighted by molar-refractivity contribution is 4.92. The van der Waals surface area contributed by atoms with Gasteiger partial charge in [0.25, 0.3) is 0 Å². The molecule has 2 rings (SSSR count). The van der Waals surface area contributed by atoms with Gasteiger partial charge in [0.15, 0.2) is 0 Å². The van der Waals surface area contributed by atoms with Gasteiger partial charge in [0.1, 0.15) is 0 Å². The van der Waals surface area contributed by atoms with Crippen molar-refractivity contribution in [3.63, 3.8) is 0 Å². The fourth-order valence-corrected chi connectivity index (χ4v) is 2.48. The Morgan fingerprint density at radius 1 is 1.18 bits per heavy atom. The zero-order chi connectivity index (χ0) is 7.84. The average Bonchev–Trinajstić information content (AvgIpc) is 2.23. The molecule has 0 radical (unpaired) electrons. The zero-order valence-electron chi connectivity index (χ0n) is 7.38. The van der Waals surface area contributed by atoms with Gasteiger partial charge in [-0.25, -0.2) is 5.01 Å². The van der Waals surface area contributed by atoms with Crippen LogP contribution in [0.15, 0.2) is 0 Å². The molecular weight excluding hydrogens is 138 g/mol. The largest absolute Gasteiger partial charge is 0.303 e. The fraction of sp³-hybridized carbons (Fsp3) is 1.00. The SMILES string of the molecule is CNN1C2CCC1CN(C)C2. The minimum atomic E-state index is 0.767. The predicted octanol–water partition coefficient (Wildman–Crippen LogP) is -0.101. The van der Waals surface area contributed by atoms with Crippen LogP contribution in [0.1, 0.15) is 12.8 Å². The van der Waals surface area contributed by atoms with Crippen LogP contribution in [0.5, 0.6) is 0 Å². The van der Waals surface area contributed by atoms with Crippen LogP contribution in [0.4, 0.5) is 0 Å². The Bertz CT molecular complexity index is 134. The van der Waals surface area contributed by atoms with Crippen molar-refractivity contribution in [1.82, 2.24) is 15.3 Å². The maximum absolute atomic E-state index is 3.29. The second kappa shape index (κ2) is 2.73. The molecule has 0 amide bonds. The first-order chi connectivity index (χ1) is 5.31. The minimum absolute atomic E-state index is 0.767. The molecular formula is C8H17N3. The molecule has 2 aliphatic heterocycles. The van der Waals surface area contributed by atoms with Gasteiger partial charge in [-0.05, 0) is 26.9 Å². The fourth-order valence-electron chi connectivity index (χ4n) is 2.48. The lowest BCUT2D eigenvalue weighted by molar-refractivity contribution is 0.0458. The van der Waals surface area contributed by atoms with E-state index in [2.05, 4.69) is 22.4 Å². The molecule has 0 aliphatic carbocycles. The van der Waals surface area contributed by atoms with Gasteiger partial charge in [-0.15, -0.1) is 0 Å². The van der Waals surface area contributed by atoms with Crippen LogP contribution in [0.25, 0.3) is 0 Å². The molecule has 3 nitrogen and oxygen atoms in total. The third-order valence-electron chi connectivity index (χ3n) is 2.92. The monoisotopic (exact) mass is 155 g/mol. The van der Waals surface area contributed by atoms with Gasteiger partial charge >= 0.3 is 0 Å². The Morgan fingerprint density at radius 2 is 1.73 bits per heavy atom. The molecule has 3 heteroatoms. The lowest BCUT2D eigenvalue weighted by Gasteiger charge is -2.38. The van der Waals surface area contributed by atoms with Crippen LogP contribution in [0, 0.1) is 0 Å². The average molecular weight is 155 g/mol. The second-order valence-corrected chi connectivity index (χ2v) is 3.74. The van der Waals surface area contributed by atoms with Crippen molar-refractivity contribution in [3.05, 3.63) is 0 Å². The maximum atomic E-state index is 3.29. The lowest BCUT2D eigenvalue weighted by Crippen LogP contribution is -2.56. The summed E-state index contributed by atoms with van der Waals surface area (Å²) in [6.07, 6.45) is 2.74. The summed E-state index contributed by atoms with van der Waals surface area (Å²) in [5.41, 5.74) is 3.29. The Balaban J connectivity index is 2.06. The van der Waals surface area contributed by atoms with Crippen molar-refractivity contribution in [1.29, 1.82) is 0 Å². The Morgan fingerprint density at radius 3 is 2.18 bits per heavy atom. The normalized spacial score (nSPS) is 39.8. The van der Waals surface area contributed by atoms with E-state index in [1.807, 2.05) is 7.05 Å². The van der Waals surface area contributed by atoms with E-state index in [1.54, 1.807) is 0 Å². The van der Waals surface area contributed by atoms with Crippen molar-refractivity contribution in [3.8, 4) is 0 Å². The molecule has 2 bridgehead atoms. The number of piperazine rings is 1. The van der Waals surface area contributed by atoms with E-state index in [0.717, 1.165) is 12.1 Å². The molecule has 2 saturated heterocycles. The molecule has 2 atom stereocenters. The van der Waals surface area contributed by atoms with Gasteiger partial charge in [-0.2, -0.15) is 0 Å². The van der Waals surface area contributed by atoms with Crippen LogP contribution in [-0.2, 0) is 0 Å². The van der Waals surface area contributed by atoms with Crippen molar-refractivity contribution in [2.24, 2.45) is 0 Å². The van der Waals surface area contributed by atoms with Crippen LogP contribution >= 0.6 is 0 Å². The number of hydrogen-bond donors (Lipinski definition) is 1. The number of likely N-dealkylation sites (N-methyl/N-ethyl adjacent to an activating group) is 1. The topological polar surface area (TPSA) is 18.5 Å². The smallest absolute Gasteiger partial charge is 0.0374 e. The van der Waals surface area contributed by atoms with E-state index >= 15 is 0 Å². The summed E-state index contributed by atoms with van der Waals surface area (Å²) in [6.45, 7) is 2.47. The predicted molar refractivity (Wildman–Crippen MR) is 45.2 cm³/mol. The van der Waals surface area contributed by atoms with Gasteiger partial charge < -0.3 is 4.90 Å². The Hall–Kier alpha value is -0.120. The van der Waals surface area contributed by atoms with Crippen LogP contribution < -0.4 is 5.43 Å². The van der Waals surface area contributed by atoms with Crippen molar-refractivity contribution < 1.29 is 0 Å². The quantitative estimate of drug-likeness (QED) is 0.570. The summed E-state index contributed by atoms with van der Waals surface area (Å²) in [4.78, 5) is 2.44. The summed E-state index contributed by atoms with van der Waals surface area (Å²) < 4.78 is 0. The molecule has 1 N–H and O–H groups in total. The molecule has 11 heavy (non-hydrogen) atoms. The second-order valence-electron chi connectivity index (χ2n) is 3.74. The third kappa shape index (κ3) is 1.17. The number of nitrogens with one attached hydrogen (secondary N) is 1. The van der Waals surface area contributed by atoms with Crippen molar-refractivity contribution >= 4 is 0 Å². The van der Waals surface area contributed by atoms with Gasteiger partial charge in [-0.1, -0.05) is 0 Å². The summed E-state index contributed by atoms with van der Waals surface area (Å²) in [7, 11) is 4.26. The van der Waals surface area contributed by atoms with Gasteiger partial charge in [0.2, 0.25) is 0 Å². The number of rotatable bonds is 1. The highest BCUT2D eigenvalue weighted by atomic mass is 15.6. The van der Waals surface area contributed by atoms with Gasteiger partial charge in [0.05, 0.1) is 0 Å². The zero-order valence-corrected chi connectivity index (χ0v) is 7.38. The summed E-state index contributed by atoms with van der Waals surface area (Å²) in [6, 6.07) is 1.53. The molecule has 0 aromatic heterocycles. The van der Waals surface area contributed by atoms with Crippen molar-refractivity contribution in [2.45, 2.75) is 24.9 Å². The molecule has 2 aliphatic rings. The first kappa shape index (κ1) is 7.53. The van der Waals surface area contributed by atoms with Crippen molar-refractivity contribution in [2.75, 3.05) is 27.2 Å². The highest BCUT2D eigenvalue weighted by Crippen LogP contribution is 2.26. The van der Waals surface area contributed by atoms with Crippen LogP contribution in [-0.4, -0.2) is 49.2 Å². The first-order valence-corrected chi connectivity index (χ1v) is 4.45. The van der Waals surface area contributed by atoms with Gasteiger partial charge in [0, 0.05) is 25.2 Å². The highest BCUT2D eigenvalue weighted by Gasteiger charge is 2.37. The number of likely N-dealkylation sites (tertiary alicyclic amines) is 1. The van der Waals surface area contributed by atoms with E-state index in [-0.39, 0.29) is 0 Å². The molecule has 0 saturated carbocycles. The van der Waals surface area contributed by atoms with Crippen LogP contribution in [0.2, 0.25) is 0 Å². The number of fused-ring (bicyclic) bond motifs is 2. The molecule has 2 heterocycles. The Labute approximate surface area is 68.3 Å². The van der Waals surface area contributed by atoms with E-state index in [1.165, 1.54) is 25.9 Å². The first-order valence-electron chi connectivity index (χ1n) is 4.45. The summed E-state index contributed by atoms with van der Waals surface area (Å²) in [5, 5.41) is 2.43. The third-order valence-corrected chi connectivity index (χ3v) is 2.92. The minimum Gasteiger partial charge on any atom is -0.303 e. The molecule has 64 valence electrons. The van der Waals surface area contributed by atoms with E-state index in [4.69, 9.17) is 0 Å². The summed E-state index contributed by atoms with van der Waals surface area (Å²) in [5.74, 6) is 0. The van der Waals surface area contributed by atoms with Crippen LogP contribution in [0.3, 0.4) is 0 Å². The lowest BCUT2D eigenvalue weighted by atomic mass is 10.2. The molecule has 2 fully saturated rings. The number of nitrogens with zero attached hydrogens (tertiary/aromatic N) is 2. The van der Waals surface area contributed by atoms with E-state index in [9.17, 15) is 0 Å².